The molecule has 1 aromatic rings. The lowest BCUT2D eigenvalue weighted by atomic mass is 10.0. The number of alkyl halides is 5. The minimum Gasteiger partial charge on any atom is -0.451 e. The Morgan fingerprint density at radius 1 is 1.18 bits per heavy atom. The third-order valence-corrected chi connectivity index (χ3v) is 5.89. The molecule has 0 spiro atoms. The Labute approximate surface area is 134 Å². The lowest BCUT2D eigenvalue weighted by Crippen LogP contribution is -2.55. The van der Waals surface area contributed by atoms with Crippen molar-refractivity contribution >= 4 is 37.5 Å². The Balaban J connectivity index is 3.06. The molecule has 0 saturated carbocycles. The second-order valence-electron chi connectivity index (χ2n) is 4.85. The van der Waals surface area contributed by atoms with Crippen molar-refractivity contribution in [2.24, 2.45) is 0 Å². The fourth-order valence-electron chi connectivity index (χ4n) is 1.63. The van der Waals surface area contributed by atoms with Crippen LogP contribution in [0.3, 0.4) is 0 Å². The average molecular weight is 432 g/mol. The first-order valence-electron chi connectivity index (χ1n) is 5.92. The van der Waals surface area contributed by atoms with Crippen molar-refractivity contribution in [3.05, 3.63) is 35.4 Å². The third kappa shape index (κ3) is 3.53. The molecule has 0 N–H and O–H groups in total. The zero-order valence-electron chi connectivity index (χ0n) is 11.7. The summed E-state index contributed by atoms with van der Waals surface area (Å²) in [5.41, 5.74) is -2.21. The van der Waals surface area contributed by atoms with Gasteiger partial charge >= 0.3 is 12.1 Å². The van der Waals surface area contributed by atoms with Crippen LogP contribution < -0.4 is 0 Å². The summed E-state index contributed by atoms with van der Waals surface area (Å²) in [5.74, 6) is -1.11. The Kier molecular flexibility index (Phi) is 5.47. The highest BCUT2D eigenvalue weighted by atomic mass is 127. The maximum absolute atomic E-state index is 14.3. The van der Waals surface area contributed by atoms with E-state index in [9.17, 15) is 27.2 Å². The van der Waals surface area contributed by atoms with Crippen LogP contribution in [-0.4, -0.2) is 32.2 Å². The smallest absolute Gasteiger partial charge is 0.435 e. The Morgan fingerprint density at radius 3 is 2.05 bits per heavy atom. The molecular formula is C14H13F4IO3. The molecule has 122 valence electrons. The van der Waals surface area contributed by atoms with Crippen LogP contribution in [0.1, 0.15) is 34.6 Å². The minimum atomic E-state index is -5.19. The molecule has 0 heterocycles. The van der Waals surface area contributed by atoms with Crippen molar-refractivity contribution in [2.45, 2.75) is 29.3 Å². The molecule has 8 heteroatoms. The molecule has 22 heavy (non-hydrogen) atoms. The van der Waals surface area contributed by atoms with Crippen molar-refractivity contribution in [3.8, 4) is 0 Å². The van der Waals surface area contributed by atoms with Crippen LogP contribution >= 0.6 is 20.7 Å². The van der Waals surface area contributed by atoms with Crippen LogP contribution in [0.5, 0.6) is 0 Å². The number of rotatable bonds is 5. The fourth-order valence-corrected chi connectivity index (χ4v) is 3.09. The molecule has 0 aromatic heterocycles. The number of hydrogen-bond acceptors (Lipinski definition) is 3. The first kappa shape index (κ1) is 18.7. The van der Waals surface area contributed by atoms with Crippen molar-refractivity contribution in [1.82, 2.24) is 0 Å². The third-order valence-electron chi connectivity index (χ3n) is 2.93. The quantitative estimate of drug-likeness (QED) is 0.232. The molecule has 0 aliphatic rings. The summed E-state index contributed by atoms with van der Waals surface area (Å²) in [6.45, 7) is 1.73. The van der Waals surface area contributed by atoms with Gasteiger partial charge in [0.15, 0.2) is 5.60 Å². The number of esters is 1. The molecule has 1 aromatic carbocycles. The summed E-state index contributed by atoms with van der Waals surface area (Å²) in [6, 6.07) is 5.04. The highest BCUT2D eigenvalue weighted by molar-refractivity contribution is 14.2. The monoisotopic (exact) mass is 432 g/mol. The van der Waals surface area contributed by atoms with Crippen molar-refractivity contribution < 1.29 is 31.9 Å². The summed E-state index contributed by atoms with van der Waals surface area (Å²) in [4.78, 5) is 22.4. The number of carbonyl (C=O) groups excluding carboxylic acids is 2. The van der Waals surface area contributed by atoms with Gasteiger partial charge in [-0.25, -0.2) is 9.18 Å². The van der Waals surface area contributed by atoms with E-state index in [0.717, 1.165) is 13.8 Å². The number of aldehydes is 1. The summed E-state index contributed by atoms with van der Waals surface area (Å²) < 4.78 is 57.3. The molecule has 3 nitrogen and oxygen atoms in total. The van der Waals surface area contributed by atoms with Gasteiger partial charge in [-0.15, -0.1) is 0 Å². The predicted octanol–water partition coefficient (Wildman–Crippen LogP) is 4.07. The predicted molar refractivity (Wildman–Crippen MR) is 82.4 cm³/mol. The molecule has 1 unspecified atom stereocenters. The molecule has 0 aliphatic carbocycles. The van der Waals surface area contributed by atoms with Gasteiger partial charge in [0.2, 0.25) is 0 Å². The van der Waals surface area contributed by atoms with E-state index in [1.54, 1.807) is 0 Å². The number of ether oxygens (including phenoxy) is 1. The number of hydrogen-bond donors (Lipinski definition) is 0. The van der Waals surface area contributed by atoms with E-state index in [2.05, 4.69) is 4.51 Å². The van der Waals surface area contributed by atoms with E-state index in [4.69, 9.17) is 4.74 Å². The molecule has 0 amide bonds. The first-order valence-corrected chi connectivity index (χ1v) is 8.52. The summed E-state index contributed by atoms with van der Waals surface area (Å²) in [5, 5.41) is 0. The zero-order valence-corrected chi connectivity index (χ0v) is 13.9. The second kappa shape index (κ2) is 6.43. The van der Waals surface area contributed by atoms with Gasteiger partial charge in [0, 0.05) is 5.56 Å². The van der Waals surface area contributed by atoms with Gasteiger partial charge in [-0.2, -0.15) is 13.2 Å². The summed E-state index contributed by atoms with van der Waals surface area (Å²) in [7, 11) is 0. The van der Waals surface area contributed by atoms with E-state index in [0.29, 0.717) is 6.29 Å². The second-order valence-corrected chi connectivity index (χ2v) is 7.09. The van der Waals surface area contributed by atoms with Crippen LogP contribution in [-0.2, 0) is 4.74 Å². The Bertz CT molecular complexity index is 581. The standard InChI is InChI=1S/C14H13F4IO3/c1-12(2,13(15,19-3)14(16,17)18)22-11(21)10-6-4-9(8-20)5-7-10/h4-8H,3H2,1-2H3. The molecule has 0 bridgehead atoms. The van der Waals surface area contributed by atoms with Crippen LogP contribution in [0.2, 0.25) is 0 Å². The summed E-state index contributed by atoms with van der Waals surface area (Å²) in [6.07, 6.45) is -4.64. The zero-order chi connectivity index (χ0) is 17.2. The fraction of sp³-hybridized carbons (Fsp3) is 0.357. The van der Waals surface area contributed by atoms with E-state index < -0.39 is 42.2 Å². The van der Waals surface area contributed by atoms with Gasteiger partial charge in [-0.3, -0.25) is 4.79 Å². The van der Waals surface area contributed by atoms with Crippen LogP contribution in [0.15, 0.2) is 24.3 Å². The lowest BCUT2D eigenvalue weighted by molar-refractivity contribution is -0.232. The van der Waals surface area contributed by atoms with E-state index in [-0.39, 0.29) is 11.1 Å². The molecule has 0 aliphatic heterocycles. The van der Waals surface area contributed by atoms with Crippen molar-refractivity contribution in [2.75, 3.05) is 0 Å². The molecule has 1 atom stereocenters. The summed E-state index contributed by atoms with van der Waals surface area (Å²) >= 11 is -2.20. The number of carbonyl (C=O) groups is 2. The van der Waals surface area contributed by atoms with Crippen LogP contribution in [0.25, 0.3) is 0 Å². The number of benzene rings is 1. The van der Waals surface area contributed by atoms with E-state index >= 15 is 0 Å². The largest absolute Gasteiger partial charge is 0.451 e. The van der Waals surface area contributed by atoms with Gasteiger partial charge in [0.1, 0.15) is 6.29 Å². The van der Waals surface area contributed by atoms with Gasteiger partial charge in [0.25, 0.3) is 3.68 Å². The van der Waals surface area contributed by atoms with Crippen molar-refractivity contribution in [3.63, 3.8) is 0 Å². The number of halogens is 5. The normalized spacial score (nSPS) is 15.0. The molecule has 1 rings (SSSR count). The maximum atomic E-state index is 14.3. The van der Waals surface area contributed by atoms with Crippen molar-refractivity contribution in [1.29, 1.82) is 0 Å². The highest BCUT2D eigenvalue weighted by Gasteiger charge is 2.66. The molecule has 0 fully saturated rings. The average Bonchev–Trinajstić information content (AvgIpc) is 2.44. The van der Waals surface area contributed by atoms with Gasteiger partial charge < -0.3 is 4.74 Å². The highest BCUT2D eigenvalue weighted by Crippen LogP contribution is 2.51. The molecule has 0 saturated heterocycles. The lowest BCUT2D eigenvalue weighted by Gasteiger charge is -2.37. The SMILES string of the molecule is C=IC(F)(C(F)(F)F)C(C)(C)OC(=O)c1ccc(C=O)cc1. The topological polar surface area (TPSA) is 43.4 Å². The van der Waals surface area contributed by atoms with Crippen LogP contribution in [0, 0.1) is 0 Å². The van der Waals surface area contributed by atoms with E-state index in [1.807, 2.05) is 0 Å². The Hall–Kier alpha value is -1.32. The minimum absolute atomic E-state index is 0.0783. The van der Waals surface area contributed by atoms with E-state index in [1.165, 1.54) is 24.3 Å². The van der Waals surface area contributed by atoms with Crippen LogP contribution in [0.4, 0.5) is 17.6 Å². The first-order chi connectivity index (χ1) is 9.98. The van der Waals surface area contributed by atoms with Gasteiger partial charge in [0.05, 0.1) is 5.56 Å². The molecule has 0 radical (unpaired) electrons. The maximum Gasteiger partial charge on any atom is 0.435 e. The van der Waals surface area contributed by atoms with Gasteiger partial charge in [-0.1, -0.05) is 37.4 Å². The Morgan fingerprint density at radius 2 is 1.68 bits per heavy atom. The van der Waals surface area contributed by atoms with Gasteiger partial charge in [-0.05, 0) is 26.0 Å². The molecular weight excluding hydrogens is 419 g/mol.